The summed E-state index contributed by atoms with van der Waals surface area (Å²) < 4.78 is 0. The van der Waals surface area contributed by atoms with Gasteiger partial charge in [-0.05, 0) is 61.7 Å². The van der Waals surface area contributed by atoms with Crippen molar-refractivity contribution < 1.29 is 0 Å². The maximum atomic E-state index is 6.32. The maximum Gasteiger partial charge on any atom is 0.0255 e. The molecule has 0 aliphatic heterocycles. The van der Waals surface area contributed by atoms with Gasteiger partial charge in [-0.3, -0.25) is 0 Å². The summed E-state index contributed by atoms with van der Waals surface area (Å²) >= 11 is 0. The van der Waals surface area contributed by atoms with E-state index >= 15 is 0 Å². The molecule has 5 atom stereocenters. The lowest BCUT2D eigenvalue weighted by atomic mass is 9.77. The lowest BCUT2D eigenvalue weighted by Gasteiger charge is -2.30. The summed E-state index contributed by atoms with van der Waals surface area (Å²) in [4.78, 5) is 0. The molecule has 5 unspecified atom stereocenters. The summed E-state index contributed by atoms with van der Waals surface area (Å²) in [5.41, 5.74) is 9.22. The first-order chi connectivity index (χ1) is 13.0. The molecule has 1 fully saturated rings. The van der Waals surface area contributed by atoms with Crippen molar-refractivity contribution in [1.82, 2.24) is 0 Å². The van der Waals surface area contributed by atoms with Crippen molar-refractivity contribution in [2.75, 3.05) is 0 Å². The van der Waals surface area contributed by atoms with Crippen molar-refractivity contribution >= 4 is 0 Å². The van der Waals surface area contributed by atoms with Crippen LogP contribution >= 0.6 is 0 Å². The molecule has 1 nitrogen and oxygen atoms in total. The molecule has 0 spiro atoms. The minimum absolute atomic E-state index is 0.208. The van der Waals surface area contributed by atoms with Crippen LogP contribution in [0.4, 0.5) is 0 Å². The Morgan fingerprint density at radius 2 is 1.96 bits per heavy atom. The molecule has 27 heavy (non-hydrogen) atoms. The number of rotatable bonds is 7. The smallest absolute Gasteiger partial charge is 0.0255 e. The number of allylic oxidation sites excluding steroid dienone is 6. The topological polar surface area (TPSA) is 26.0 Å². The molecule has 0 heterocycles. The average molecular weight is 368 g/mol. The van der Waals surface area contributed by atoms with Gasteiger partial charge in [0.1, 0.15) is 0 Å². The highest BCUT2D eigenvalue weighted by Crippen LogP contribution is 2.35. The molecule has 150 valence electrons. The van der Waals surface area contributed by atoms with Gasteiger partial charge in [-0.15, -0.1) is 0 Å². The van der Waals surface area contributed by atoms with Crippen LogP contribution in [0.25, 0.3) is 0 Å². The first-order valence-electron chi connectivity index (χ1n) is 11.5. The fourth-order valence-corrected chi connectivity index (χ4v) is 5.33. The van der Waals surface area contributed by atoms with E-state index in [1.165, 1.54) is 62.5 Å². The summed E-state index contributed by atoms with van der Waals surface area (Å²) in [6.07, 6.45) is 25.3. The largest absolute Gasteiger partial charge is 0.324 e. The zero-order valence-corrected chi connectivity index (χ0v) is 17.7. The van der Waals surface area contributed by atoms with Crippen LogP contribution in [0.5, 0.6) is 0 Å². The molecule has 3 aliphatic rings. The third-order valence-electron chi connectivity index (χ3n) is 7.27. The predicted octanol–water partition coefficient (Wildman–Crippen LogP) is 6.97. The van der Waals surface area contributed by atoms with Crippen molar-refractivity contribution in [3.8, 4) is 0 Å². The molecule has 1 saturated carbocycles. The Morgan fingerprint density at radius 1 is 1.19 bits per heavy atom. The minimum atomic E-state index is 0.208. The number of hydrogen-bond donors (Lipinski definition) is 1. The molecule has 0 saturated heterocycles. The Morgan fingerprint density at radius 3 is 2.67 bits per heavy atom. The molecule has 2 N–H and O–H groups in total. The van der Waals surface area contributed by atoms with Gasteiger partial charge in [0, 0.05) is 6.04 Å². The van der Waals surface area contributed by atoms with Gasteiger partial charge in [0.2, 0.25) is 0 Å². The average Bonchev–Trinajstić information content (AvgIpc) is 2.67. The van der Waals surface area contributed by atoms with E-state index in [9.17, 15) is 0 Å². The minimum Gasteiger partial charge on any atom is -0.324 e. The van der Waals surface area contributed by atoms with E-state index in [1.54, 1.807) is 0 Å². The van der Waals surface area contributed by atoms with E-state index in [1.807, 2.05) is 0 Å². The van der Waals surface area contributed by atoms with E-state index < -0.39 is 0 Å². The van der Waals surface area contributed by atoms with Gasteiger partial charge in [0.05, 0.1) is 0 Å². The molecule has 0 aromatic heterocycles. The summed E-state index contributed by atoms with van der Waals surface area (Å²) in [7, 11) is 0. The zero-order chi connectivity index (χ0) is 19.2. The van der Waals surface area contributed by atoms with E-state index in [0.717, 1.165) is 24.7 Å². The Balaban J connectivity index is 1.42. The van der Waals surface area contributed by atoms with Crippen LogP contribution in [0.2, 0.25) is 0 Å². The normalized spacial score (nSPS) is 32.9. The van der Waals surface area contributed by atoms with E-state index in [4.69, 9.17) is 5.73 Å². The van der Waals surface area contributed by atoms with E-state index in [-0.39, 0.29) is 6.04 Å². The highest BCUT2D eigenvalue weighted by atomic mass is 14.6. The van der Waals surface area contributed by atoms with Crippen LogP contribution < -0.4 is 5.73 Å². The molecule has 3 aliphatic carbocycles. The Bertz CT molecular complexity index is 575. The van der Waals surface area contributed by atoms with E-state index in [2.05, 4.69) is 50.8 Å². The predicted molar refractivity (Wildman–Crippen MR) is 118 cm³/mol. The first-order valence-corrected chi connectivity index (χ1v) is 11.5. The molecule has 0 amide bonds. The van der Waals surface area contributed by atoms with Crippen LogP contribution in [-0.4, -0.2) is 6.04 Å². The Kier molecular flexibility index (Phi) is 7.58. The second kappa shape index (κ2) is 9.92. The molecule has 0 aromatic carbocycles. The van der Waals surface area contributed by atoms with Gasteiger partial charge < -0.3 is 5.73 Å². The van der Waals surface area contributed by atoms with Gasteiger partial charge in [-0.1, -0.05) is 94.1 Å². The second-order valence-corrected chi connectivity index (χ2v) is 9.78. The highest BCUT2D eigenvalue weighted by Gasteiger charge is 2.24. The van der Waals surface area contributed by atoms with Crippen LogP contribution in [0, 0.1) is 29.6 Å². The quantitative estimate of drug-likeness (QED) is 0.483. The first kappa shape index (κ1) is 20.6. The molecule has 0 radical (unpaired) electrons. The van der Waals surface area contributed by atoms with Gasteiger partial charge in [-0.2, -0.15) is 0 Å². The summed E-state index contributed by atoms with van der Waals surface area (Å²) in [6, 6.07) is 0.208. The van der Waals surface area contributed by atoms with Crippen LogP contribution in [0.3, 0.4) is 0 Å². The van der Waals surface area contributed by atoms with Crippen LogP contribution in [0.1, 0.15) is 78.1 Å². The van der Waals surface area contributed by atoms with E-state index in [0.29, 0.717) is 17.8 Å². The molecular formula is C26H41N. The molecule has 1 heteroatoms. The van der Waals surface area contributed by atoms with Crippen LogP contribution in [0.15, 0.2) is 48.1 Å². The van der Waals surface area contributed by atoms with Crippen LogP contribution in [-0.2, 0) is 0 Å². The van der Waals surface area contributed by atoms with Gasteiger partial charge in [-0.25, -0.2) is 0 Å². The molecule has 0 bridgehead atoms. The zero-order valence-electron chi connectivity index (χ0n) is 17.7. The summed E-state index contributed by atoms with van der Waals surface area (Å²) in [5, 5.41) is 0. The SMILES string of the molecule is C=C(CC1CC(C)C=CC1N)C(C)CC1=CCC(CC2CCCCC2)C=C1. The van der Waals surface area contributed by atoms with Gasteiger partial charge in [0.15, 0.2) is 0 Å². The molecular weight excluding hydrogens is 326 g/mol. The second-order valence-electron chi connectivity index (χ2n) is 9.78. The van der Waals surface area contributed by atoms with Gasteiger partial charge >= 0.3 is 0 Å². The number of hydrogen-bond acceptors (Lipinski definition) is 1. The third kappa shape index (κ3) is 6.21. The lowest BCUT2D eigenvalue weighted by Crippen LogP contribution is -2.32. The number of nitrogens with two attached hydrogens (primary N) is 1. The fourth-order valence-electron chi connectivity index (χ4n) is 5.33. The summed E-state index contributed by atoms with van der Waals surface area (Å²) in [6.45, 7) is 9.08. The van der Waals surface area contributed by atoms with Crippen molar-refractivity contribution in [3.05, 3.63) is 48.1 Å². The Labute approximate surface area is 167 Å². The molecule has 3 rings (SSSR count). The maximum absolute atomic E-state index is 6.32. The highest BCUT2D eigenvalue weighted by molar-refractivity contribution is 5.26. The Hall–Kier alpha value is -1.08. The van der Waals surface area contributed by atoms with Crippen molar-refractivity contribution in [3.63, 3.8) is 0 Å². The lowest BCUT2D eigenvalue weighted by molar-refractivity contribution is 0.308. The fraction of sp³-hybridized carbons (Fsp3) is 0.692. The molecule has 0 aromatic rings. The third-order valence-corrected chi connectivity index (χ3v) is 7.27. The standard InChI is InChI=1S/C26H41N/c1-19-9-14-26(27)25(15-19)17-21(3)20(2)16-23-10-12-24(13-11-23)18-22-7-5-4-6-8-22/h9-12,14,19-20,22,24-26H,3-8,13,15-18,27H2,1-2H3. The van der Waals surface area contributed by atoms with Crippen molar-refractivity contribution in [2.24, 2.45) is 35.3 Å². The van der Waals surface area contributed by atoms with Crippen molar-refractivity contribution in [2.45, 2.75) is 84.1 Å². The summed E-state index contributed by atoms with van der Waals surface area (Å²) in [5.74, 6) is 3.53. The van der Waals surface area contributed by atoms with Crippen molar-refractivity contribution in [1.29, 1.82) is 0 Å². The van der Waals surface area contributed by atoms with Gasteiger partial charge in [0.25, 0.3) is 0 Å². The monoisotopic (exact) mass is 367 g/mol.